The zero-order chi connectivity index (χ0) is 19.9. The number of aliphatic hydroxyl groups is 3. The van der Waals surface area contributed by atoms with E-state index in [4.69, 9.17) is 26.8 Å². The van der Waals surface area contributed by atoms with Crippen molar-refractivity contribution in [2.24, 2.45) is 0 Å². The molecule has 1 fully saturated rings. The van der Waals surface area contributed by atoms with Gasteiger partial charge in [-0.2, -0.15) is 0 Å². The Balaban J connectivity index is 1.99. The lowest BCUT2D eigenvalue weighted by molar-refractivity contribution is -0.0642. The Bertz CT molecular complexity index is 380. The van der Waals surface area contributed by atoms with E-state index in [1.165, 1.54) is 64.2 Å². The molecule has 1 heterocycles. The Morgan fingerprint density at radius 2 is 1.52 bits per heavy atom. The topological polar surface area (TPSA) is 79.2 Å². The summed E-state index contributed by atoms with van der Waals surface area (Å²) in [5, 5.41) is 29.2. The SMILES string of the molecule is CCCCCCCCCCCCCCC(=S)O[C@@H]1[C@H]([C@H](O)CO)OC[C@@H]1O. The molecule has 0 spiro atoms. The van der Waals surface area contributed by atoms with Gasteiger partial charge in [0.25, 0.3) is 0 Å². The van der Waals surface area contributed by atoms with Gasteiger partial charge >= 0.3 is 0 Å². The van der Waals surface area contributed by atoms with Gasteiger partial charge in [-0.15, -0.1) is 0 Å². The maximum absolute atomic E-state index is 9.92. The molecule has 0 amide bonds. The number of thiocarbonyl (C=S) groups is 1. The van der Waals surface area contributed by atoms with E-state index in [9.17, 15) is 10.2 Å². The van der Waals surface area contributed by atoms with E-state index in [0.717, 1.165) is 12.8 Å². The monoisotopic (exact) mass is 404 g/mol. The van der Waals surface area contributed by atoms with Crippen LogP contribution >= 0.6 is 12.2 Å². The molecule has 1 aliphatic rings. The normalized spacial score (nSPS) is 23.5. The molecule has 6 heteroatoms. The first-order valence-electron chi connectivity index (χ1n) is 10.9. The Hall–Kier alpha value is -0.270. The van der Waals surface area contributed by atoms with E-state index in [-0.39, 0.29) is 6.61 Å². The van der Waals surface area contributed by atoms with Crippen molar-refractivity contribution in [2.75, 3.05) is 13.2 Å². The molecule has 0 saturated carbocycles. The third-order valence-electron chi connectivity index (χ3n) is 5.23. The lowest BCUT2D eigenvalue weighted by Gasteiger charge is -2.24. The summed E-state index contributed by atoms with van der Waals surface area (Å²) in [6.07, 6.45) is 12.9. The van der Waals surface area contributed by atoms with Crippen LogP contribution in [0.4, 0.5) is 0 Å². The molecule has 1 aliphatic heterocycles. The van der Waals surface area contributed by atoms with Gasteiger partial charge in [0.2, 0.25) is 0 Å². The minimum atomic E-state index is -1.07. The maximum Gasteiger partial charge on any atom is 0.160 e. The highest BCUT2D eigenvalue weighted by atomic mass is 32.1. The van der Waals surface area contributed by atoms with Crippen molar-refractivity contribution in [2.45, 2.75) is 115 Å². The third-order valence-corrected chi connectivity index (χ3v) is 5.53. The molecular formula is C21H40O5S. The molecular weight excluding hydrogens is 364 g/mol. The third kappa shape index (κ3) is 10.7. The van der Waals surface area contributed by atoms with E-state index in [1.807, 2.05) is 0 Å². The first kappa shape index (κ1) is 24.8. The minimum absolute atomic E-state index is 0.0909. The molecule has 0 aromatic rings. The second-order valence-electron chi connectivity index (χ2n) is 7.71. The van der Waals surface area contributed by atoms with Gasteiger partial charge in [-0.05, 0) is 18.6 Å². The number of hydrogen-bond acceptors (Lipinski definition) is 6. The lowest BCUT2D eigenvalue weighted by atomic mass is 10.0. The lowest BCUT2D eigenvalue weighted by Crippen LogP contribution is -2.43. The molecule has 0 aromatic carbocycles. The highest BCUT2D eigenvalue weighted by Crippen LogP contribution is 2.22. The second-order valence-corrected chi connectivity index (χ2v) is 8.16. The molecule has 0 aliphatic carbocycles. The zero-order valence-electron chi connectivity index (χ0n) is 17.0. The van der Waals surface area contributed by atoms with Gasteiger partial charge in [-0.3, -0.25) is 0 Å². The molecule has 0 bridgehead atoms. The molecule has 1 rings (SSSR count). The maximum atomic E-state index is 9.92. The molecule has 0 aromatic heterocycles. The number of unbranched alkanes of at least 4 members (excludes halogenated alkanes) is 11. The van der Waals surface area contributed by atoms with Crippen LogP contribution < -0.4 is 0 Å². The van der Waals surface area contributed by atoms with Gasteiger partial charge in [0.15, 0.2) is 11.2 Å². The van der Waals surface area contributed by atoms with Gasteiger partial charge < -0.3 is 24.8 Å². The quantitative estimate of drug-likeness (QED) is 0.267. The number of aliphatic hydroxyl groups excluding tert-OH is 3. The largest absolute Gasteiger partial charge is 0.478 e. The van der Waals surface area contributed by atoms with Crippen LogP contribution in [0.15, 0.2) is 0 Å². The molecule has 0 radical (unpaired) electrons. The summed E-state index contributed by atoms with van der Waals surface area (Å²) in [5.74, 6) is 0. The fourth-order valence-corrected chi connectivity index (χ4v) is 3.77. The highest BCUT2D eigenvalue weighted by molar-refractivity contribution is 7.80. The summed E-state index contributed by atoms with van der Waals surface area (Å²) >= 11 is 5.27. The summed E-state index contributed by atoms with van der Waals surface area (Å²) in [7, 11) is 0. The van der Waals surface area contributed by atoms with Crippen LogP contribution in [0.3, 0.4) is 0 Å². The molecule has 4 atom stereocenters. The fourth-order valence-electron chi connectivity index (χ4n) is 3.52. The zero-order valence-corrected chi connectivity index (χ0v) is 17.8. The summed E-state index contributed by atoms with van der Waals surface area (Å²) in [6.45, 7) is 1.92. The summed E-state index contributed by atoms with van der Waals surface area (Å²) in [6, 6.07) is 0. The Morgan fingerprint density at radius 3 is 2.04 bits per heavy atom. The Kier molecular flexibility index (Phi) is 14.3. The number of hydrogen-bond donors (Lipinski definition) is 3. The molecule has 27 heavy (non-hydrogen) atoms. The van der Waals surface area contributed by atoms with Crippen LogP contribution in [0.2, 0.25) is 0 Å². The molecule has 1 saturated heterocycles. The van der Waals surface area contributed by atoms with Gasteiger partial charge in [-0.1, -0.05) is 77.6 Å². The summed E-state index contributed by atoms with van der Waals surface area (Å²) < 4.78 is 10.9. The Morgan fingerprint density at radius 1 is 1.00 bits per heavy atom. The summed E-state index contributed by atoms with van der Waals surface area (Å²) in [5.41, 5.74) is 0. The van der Waals surface area contributed by atoms with Crippen LogP contribution in [0.25, 0.3) is 0 Å². The number of rotatable bonds is 16. The summed E-state index contributed by atoms with van der Waals surface area (Å²) in [4.78, 5) is 0. The fraction of sp³-hybridized carbons (Fsp3) is 0.952. The standard InChI is InChI=1S/C21H40O5S/c1-2-3-4-5-6-7-8-9-10-11-12-13-14-19(27)26-21-18(24)16-25-20(21)17(23)15-22/h17-18,20-24H,2-16H2,1H3/t17-,18+,20+,21+/m1/s1. The highest BCUT2D eigenvalue weighted by Gasteiger charge is 2.42. The molecule has 160 valence electrons. The predicted molar refractivity (Wildman–Crippen MR) is 112 cm³/mol. The van der Waals surface area contributed by atoms with E-state index in [0.29, 0.717) is 11.5 Å². The van der Waals surface area contributed by atoms with Crippen molar-refractivity contribution in [1.29, 1.82) is 0 Å². The van der Waals surface area contributed by atoms with Crippen LogP contribution in [-0.4, -0.2) is 58.0 Å². The average molecular weight is 405 g/mol. The van der Waals surface area contributed by atoms with Crippen LogP contribution in [-0.2, 0) is 9.47 Å². The predicted octanol–water partition coefficient (Wildman–Crippen LogP) is 3.90. The smallest absolute Gasteiger partial charge is 0.160 e. The van der Waals surface area contributed by atoms with E-state index >= 15 is 0 Å². The van der Waals surface area contributed by atoms with E-state index in [1.54, 1.807) is 0 Å². The minimum Gasteiger partial charge on any atom is -0.478 e. The second kappa shape index (κ2) is 15.6. The van der Waals surface area contributed by atoms with Crippen molar-refractivity contribution >= 4 is 17.3 Å². The van der Waals surface area contributed by atoms with E-state index in [2.05, 4.69) is 6.92 Å². The van der Waals surface area contributed by atoms with Crippen molar-refractivity contribution in [3.8, 4) is 0 Å². The molecule has 0 unspecified atom stereocenters. The molecule has 3 N–H and O–H groups in total. The van der Waals surface area contributed by atoms with Gasteiger partial charge in [0.1, 0.15) is 18.3 Å². The van der Waals surface area contributed by atoms with E-state index < -0.39 is 31.0 Å². The van der Waals surface area contributed by atoms with Crippen molar-refractivity contribution in [1.82, 2.24) is 0 Å². The Labute approximate surface area is 170 Å². The van der Waals surface area contributed by atoms with Crippen LogP contribution in [0, 0.1) is 0 Å². The first-order chi connectivity index (χ1) is 13.1. The average Bonchev–Trinajstić information content (AvgIpc) is 3.02. The van der Waals surface area contributed by atoms with Crippen molar-refractivity contribution in [3.63, 3.8) is 0 Å². The van der Waals surface area contributed by atoms with Gasteiger partial charge in [0.05, 0.1) is 13.2 Å². The van der Waals surface area contributed by atoms with Gasteiger partial charge in [-0.25, -0.2) is 0 Å². The first-order valence-corrected chi connectivity index (χ1v) is 11.3. The van der Waals surface area contributed by atoms with Crippen LogP contribution in [0.1, 0.15) is 90.4 Å². The molecule has 5 nitrogen and oxygen atoms in total. The van der Waals surface area contributed by atoms with Gasteiger partial charge in [0, 0.05) is 6.42 Å². The van der Waals surface area contributed by atoms with Crippen LogP contribution in [0.5, 0.6) is 0 Å². The van der Waals surface area contributed by atoms with Crippen molar-refractivity contribution < 1.29 is 24.8 Å². The number of ether oxygens (including phenoxy) is 2. The van der Waals surface area contributed by atoms with Crippen molar-refractivity contribution in [3.05, 3.63) is 0 Å².